The van der Waals surface area contributed by atoms with E-state index in [0.717, 1.165) is 58.5 Å². The molecule has 1 saturated heterocycles. The van der Waals surface area contributed by atoms with E-state index in [4.69, 9.17) is 4.74 Å². The fourth-order valence-electron chi connectivity index (χ4n) is 3.00. The van der Waals surface area contributed by atoms with Crippen LogP contribution in [0.1, 0.15) is 33.1 Å². The molecule has 1 N–H and O–H groups in total. The Morgan fingerprint density at radius 3 is 2.08 bits per heavy atom. The van der Waals surface area contributed by atoms with E-state index in [-0.39, 0.29) is 11.8 Å². The van der Waals surface area contributed by atoms with Crippen LogP contribution in [0.15, 0.2) is 0 Å². The molecule has 1 aliphatic heterocycles. The summed E-state index contributed by atoms with van der Waals surface area (Å²) in [4.78, 5) is 30.6. The van der Waals surface area contributed by atoms with Gasteiger partial charge in [-0.1, -0.05) is 13.8 Å². The van der Waals surface area contributed by atoms with Crippen molar-refractivity contribution in [2.24, 2.45) is 0 Å². The van der Waals surface area contributed by atoms with Gasteiger partial charge in [-0.3, -0.25) is 19.4 Å². The van der Waals surface area contributed by atoms with Gasteiger partial charge in [-0.05, 0) is 19.3 Å². The van der Waals surface area contributed by atoms with E-state index in [1.165, 1.54) is 0 Å². The Kier molecular flexibility index (Phi) is 11.4. The number of ether oxygens (including phenoxy) is 1. The van der Waals surface area contributed by atoms with Crippen molar-refractivity contribution in [2.75, 3.05) is 72.6 Å². The summed E-state index contributed by atoms with van der Waals surface area (Å²) in [5.41, 5.74) is 0. The molecule has 0 aromatic heterocycles. The topological polar surface area (TPSA) is 65.1 Å². The van der Waals surface area contributed by atoms with E-state index >= 15 is 0 Å². The summed E-state index contributed by atoms with van der Waals surface area (Å²) in [5.74, 6) is 0.297. The first-order valence-corrected chi connectivity index (χ1v) is 9.58. The van der Waals surface area contributed by atoms with E-state index in [2.05, 4.69) is 29.0 Å². The lowest BCUT2D eigenvalue weighted by Crippen LogP contribution is -2.52. The van der Waals surface area contributed by atoms with Crippen LogP contribution in [-0.4, -0.2) is 99.1 Å². The van der Waals surface area contributed by atoms with Crippen molar-refractivity contribution in [1.29, 1.82) is 0 Å². The number of amides is 2. The number of carbonyl (C=O) groups is 2. The second kappa shape index (κ2) is 13.1. The smallest absolute Gasteiger partial charge is 0.236 e. The highest BCUT2D eigenvalue weighted by molar-refractivity contribution is 5.78. The Hall–Kier alpha value is -1.18. The maximum atomic E-state index is 12.4. The van der Waals surface area contributed by atoms with Gasteiger partial charge in [-0.2, -0.15) is 0 Å². The van der Waals surface area contributed by atoms with E-state index in [1.54, 1.807) is 7.11 Å². The Morgan fingerprint density at radius 1 is 1.00 bits per heavy atom. The summed E-state index contributed by atoms with van der Waals surface area (Å²) < 4.78 is 4.97. The Balaban J connectivity index is 2.24. The van der Waals surface area contributed by atoms with Crippen molar-refractivity contribution in [3.63, 3.8) is 0 Å². The minimum atomic E-state index is 0.0673. The van der Waals surface area contributed by atoms with Gasteiger partial charge < -0.3 is 15.0 Å². The van der Waals surface area contributed by atoms with Gasteiger partial charge in [-0.15, -0.1) is 0 Å². The first kappa shape index (κ1) is 21.9. The van der Waals surface area contributed by atoms with Gasteiger partial charge >= 0.3 is 0 Å². The summed E-state index contributed by atoms with van der Waals surface area (Å²) >= 11 is 0. The normalized spacial score (nSPS) is 16.0. The fraction of sp³-hybridized carbons (Fsp3) is 0.889. The molecule has 2 amide bonds. The molecule has 0 aromatic rings. The maximum absolute atomic E-state index is 12.4. The van der Waals surface area contributed by atoms with Gasteiger partial charge in [0, 0.05) is 59.5 Å². The van der Waals surface area contributed by atoms with Crippen LogP contribution in [0.5, 0.6) is 0 Å². The van der Waals surface area contributed by atoms with Crippen molar-refractivity contribution in [3.05, 3.63) is 0 Å². The zero-order chi connectivity index (χ0) is 18.5. The molecule has 0 unspecified atom stereocenters. The molecule has 0 atom stereocenters. The first-order chi connectivity index (χ1) is 12.1. The highest BCUT2D eigenvalue weighted by atomic mass is 16.5. The molecule has 1 rings (SSSR count). The monoisotopic (exact) mass is 356 g/mol. The lowest BCUT2D eigenvalue weighted by Gasteiger charge is -2.35. The van der Waals surface area contributed by atoms with Crippen LogP contribution in [0.4, 0.5) is 0 Å². The Labute approximate surface area is 152 Å². The Morgan fingerprint density at radius 2 is 1.56 bits per heavy atom. The molecule has 25 heavy (non-hydrogen) atoms. The number of piperazine rings is 1. The summed E-state index contributed by atoms with van der Waals surface area (Å²) in [7, 11) is 1.66. The molecule has 146 valence electrons. The number of nitrogens with zero attached hydrogens (tertiary/aromatic N) is 3. The van der Waals surface area contributed by atoms with Crippen LogP contribution in [0.3, 0.4) is 0 Å². The molecular formula is C18H36N4O3. The molecule has 7 heteroatoms. The first-order valence-electron chi connectivity index (χ1n) is 9.58. The second-order valence-corrected chi connectivity index (χ2v) is 6.63. The molecule has 0 bridgehead atoms. The minimum absolute atomic E-state index is 0.0673. The van der Waals surface area contributed by atoms with Crippen LogP contribution in [0.25, 0.3) is 0 Å². The molecule has 0 spiro atoms. The zero-order valence-electron chi connectivity index (χ0n) is 16.3. The van der Waals surface area contributed by atoms with Crippen molar-refractivity contribution < 1.29 is 14.3 Å². The maximum Gasteiger partial charge on any atom is 0.236 e. The lowest BCUT2D eigenvalue weighted by molar-refractivity contribution is -0.133. The van der Waals surface area contributed by atoms with E-state index in [9.17, 15) is 9.59 Å². The van der Waals surface area contributed by atoms with Crippen LogP contribution in [0.2, 0.25) is 0 Å². The number of nitrogens with one attached hydrogen (secondary N) is 1. The quantitative estimate of drug-likeness (QED) is 0.513. The summed E-state index contributed by atoms with van der Waals surface area (Å²) in [6, 6.07) is 0. The summed E-state index contributed by atoms with van der Waals surface area (Å²) in [5, 5.41) is 2.92. The van der Waals surface area contributed by atoms with Gasteiger partial charge in [0.25, 0.3) is 0 Å². The van der Waals surface area contributed by atoms with Gasteiger partial charge in [-0.25, -0.2) is 0 Å². The third-order valence-electron chi connectivity index (χ3n) is 4.38. The van der Waals surface area contributed by atoms with Crippen molar-refractivity contribution in [3.8, 4) is 0 Å². The molecule has 1 aliphatic rings. The molecule has 0 saturated carbocycles. The van der Waals surface area contributed by atoms with Crippen LogP contribution in [0, 0.1) is 0 Å². The number of carbonyl (C=O) groups excluding carboxylic acids is 2. The average Bonchev–Trinajstić information content (AvgIpc) is 2.60. The highest BCUT2D eigenvalue weighted by Crippen LogP contribution is 2.04. The van der Waals surface area contributed by atoms with Crippen molar-refractivity contribution in [2.45, 2.75) is 33.1 Å². The number of methoxy groups -OCH3 is 1. The average molecular weight is 357 g/mol. The predicted molar refractivity (Wildman–Crippen MR) is 99.5 cm³/mol. The van der Waals surface area contributed by atoms with Crippen LogP contribution < -0.4 is 5.32 Å². The molecule has 0 aliphatic carbocycles. The lowest BCUT2D eigenvalue weighted by atomic mass is 10.3. The SMILES string of the molecule is CCCN(CCC)C(=O)CN1CCN(CC(=O)NCCCOC)CC1. The molecule has 0 aromatic carbocycles. The third kappa shape index (κ3) is 9.18. The van der Waals surface area contributed by atoms with Gasteiger partial charge in [0.05, 0.1) is 13.1 Å². The van der Waals surface area contributed by atoms with Crippen LogP contribution >= 0.6 is 0 Å². The van der Waals surface area contributed by atoms with Gasteiger partial charge in [0.2, 0.25) is 11.8 Å². The van der Waals surface area contributed by atoms with Crippen molar-refractivity contribution >= 4 is 11.8 Å². The molecule has 1 heterocycles. The van der Waals surface area contributed by atoms with Gasteiger partial charge in [0.1, 0.15) is 0 Å². The molecule has 7 nitrogen and oxygen atoms in total. The van der Waals surface area contributed by atoms with Gasteiger partial charge in [0.15, 0.2) is 0 Å². The predicted octanol–water partition coefficient (Wildman–Crippen LogP) is 0.405. The van der Waals surface area contributed by atoms with Crippen LogP contribution in [-0.2, 0) is 14.3 Å². The van der Waals surface area contributed by atoms with E-state index < -0.39 is 0 Å². The molecule has 1 fully saturated rings. The zero-order valence-corrected chi connectivity index (χ0v) is 16.3. The summed E-state index contributed by atoms with van der Waals surface area (Å²) in [6.07, 6.45) is 2.84. The minimum Gasteiger partial charge on any atom is -0.385 e. The van der Waals surface area contributed by atoms with E-state index in [0.29, 0.717) is 26.2 Å². The standard InChI is InChI=1S/C18H36N4O3/c1-4-8-22(9-5-2)18(24)16-21-12-10-20(11-13-21)15-17(23)19-7-6-14-25-3/h4-16H2,1-3H3,(H,19,23). The molecule has 0 radical (unpaired) electrons. The van der Waals surface area contributed by atoms with Crippen molar-refractivity contribution in [1.82, 2.24) is 20.0 Å². The van der Waals surface area contributed by atoms with E-state index in [1.807, 2.05) is 4.90 Å². The second-order valence-electron chi connectivity index (χ2n) is 6.63. The third-order valence-corrected chi connectivity index (χ3v) is 4.38. The number of hydrogen-bond acceptors (Lipinski definition) is 5. The number of rotatable bonds is 12. The highest BCUT2D eigenvalue weighted by Gasteiger charge is 2.22. The number of hydrogen-bond donors (Lipinski definition) is 1. The fourth-order valence-corrected chi connectivity index (χ4v) is 3.00. The Bertz CT molecular complexity index is 379. The summed E-state index contributed by atoms with van der Waals surface area (Å²) in [6.45, 7) is 11.5. The molecular weight excluding hydrogens is 320 g/mol. The largest absolute Gasteiger partial charge is 0.385 e.